The van der Waals surface area contributed by atoms with Gasteiger partial charge in [-0.15, -0.1) is 11.3 Å². The maximum atomic E-state index is 12.4. The van der Waals surface area contributed by atoms with Crippen molar-refractivity contribution in [2.45, 2.75) is 26.3 Å². The zero-order chi connectivity index (χ0) is 16.6. The van der Waals surface area contributed by atoms with Gasteiger partial charge in [-0.2, -0.15) is 0 Å². The van der Waals surface area contributed by atoms with E-state index in [1.807, 2.05) is 13.0 Å². The monoisotopic (exact) mass is 368 g/mol. The number of halogens is 2. The highest BCUT2D eigenvalue weighted by Gasteiger charge is 2.26. The molecule has 0 unspecified atom stereocenters. The number of carbonyl (C=O) groups is 1. The average molecular weight is 369 g/mol. The minimum absolute atomic E-state index is 0.0927. The van der Waals surface area contributed by atoms with Crippen LogP contribution in [0, 0.1) is 6.92 Å². The maximum absolute atomic E-state index is 12.4. The Morgan fingerprint density at radius 2 is 2.17 bits per heavy atom. The first-order valence-corrected chi connectivity index (χ1v) is 9.15. The van der Waals surface area contributed by atoms with E-state index in [-0.39, 0.29) is 11.9 Å². The molecule has 0 aliphatic carbocycles. The smallest absolute Gasteiger partial charge is 0.238 e. The average Bonchev–Trinajstić information content (AvgIpc) is 3.00. The Balaban J connectivity index is 1.70. The predicted octanol–water partition coefficient (Wildman–Crippen LogP) is 4.92. The van der Waals surface area contributed by atoms with Crippen LogP contribution in [0.1, 0.15) is 29.0 Å². The van der Waals surface area contributed by atoms with Gasteiger partial charge in [0.25, 0.3) is 0 Å². The third-order valence-electron chi connectivity index (χ3n) is 4.30. The summed E-state index contributed by atoms with van der Waals surface area (Å²) in [4.78, 5) is 16.0. The van der Waals surface area contributed by atoms with Gasteiger partial charge in [0.2, 0.25) is 5.91 Å². The number of aryl methyl sites for hydroxylation is 1. The number of hydrogen-bond acceptors (Lipinski definition) is 3. The summed E-state index contributed by atoms with van der Waals surface area (Å²) in [5, 5.41) is 5.94. The topological polar surface area (TPSA) is 32.3 Å². The molecule has 1 N–H and O–H groups in total. The van der Waals surface area contributed by atoms with E-state index < -0.39 is 0 Å². The summed E-state index contributed by atoms with van der Waals surface area (Å²) in [7, 11) is 0. The second-order valence-electron chi connectivity index (χ2n) is 5.80. The van der Waals surface area contributed by atoms with Crippen LogP contribution in [0.3, 0.4) is 0 Å². The molecule has 0 spiro atoms. The number of fused-ring (bicyclic) bond motifs is 1. The molecule has 3 nitrogen and oxygen atoms in total. The number of amides is 1. The van der Waals surface area contributed by atoms with Crippen molar-refractivity contribution >= 4 is 46.1 Å². The number of nitrogens with one attached hydrogen (secondary N) is 1. The highest BCUT2D eigenvalue weighted by Crippen LogP contribution is 2.34. The Hall–Kier alpha value is -1.07. The van der Waals surface area contributed by atoms with E-state index in [2.05, 4.69) is 28.6 Å². The van der Waals surface area contributed by atoms with Crippen LogP contribution in [0.2, 0.25) is 10.0 Å². The van der Waals surface area contributed by atoms with Crippen LogP contribution in [0.4, 0.5) is 5.69 Å². The number of nitrogens with zero attached hydrogens (tertiary/aromatic N) is 1. The van der Waals surface area contributed by atoms with Crippen LogP contribution < -0.4 is 5.32 Å². The minimum atomic E-state index is -0.0927. The first kappa shape index (κ1) is 16.8. The minimum Gasteiger partial charge on any atom is -0.322 e. The van der Waals surface area contributed by atoms with Gasteiger partial charge in [-0.05, 0) is 48.9 Å². The SMILES string of the molecule is Cc1ccc(Cl)c(NC(=O)CN2CCc3sccc3[C@H]2C)c1Cl. The first-order valence-electron chi connectivity index (χ1n) is 7.52. The summed E-state index contributed by atoms with van der Waals surface area (Å²) >= 11 is 14.2. The highest BCUT2D eigenvalue weighted by molar-refractivity contribution is 7.10. The number of rotatable bonds is 3. The van der Waals surface area contributed by atoms with Crippen molar-refractivity contribution in [3.63, 3.8) is 0 Å². The molecule has 1 aliphatic heterocycles. The molecule has 0 bridgehead atoms. The van der Waals surface area contributed by atoms with Gasteiger partial charge < -0.3 is 5.32 Å². The molecule has 1 aliphatic rings. The summed E-state index contributed by atoms with van der Waals surface area (Å²) in [6.07, 6.45) is 0.997. The fraction of sp³-hybridized carbons (Fsp3) is 0.353. The van der Waals surface area contributed by atoms with Gasteiger partial charge in [0, 0.05) is 17.5 Å². The molecule has 1 atom stereocenters. The first-order chi connectivity index (χ1) is 11.0. The van der Waals surface area contributed by atoms with Gasteiger partial charge >= 0.3 is 0 Å². The molecule has 0 radical (unpaired) electrons. The number of thiophene rings is 1. The van der Waals surface area contributed by atoms with Crippen LogP contribution >= 0.6 is 34.5 Å². The number of benzene rings is 1. The summed E-state index contributed by atoms with van der Waals surface area (Å²) in [5.41, 5.74) is 2.72. The van der Waals surface area contributed by atoms with E-state index in [1.54, 1.807) is 17.4 Å². The molecule has 23 heavy (non-hydrogen) atoms. The number of hydrogen-bond donors (Lipinski definition) is 1. The molecule has 1 aromatic heterocycles. The Morgan fingerprint density at radius 1 is 1.39 bits per heavy atom. The van der Waals surface area contributed by atoms with Crippen molar-refractivity contribution in [3.8, 4) is 0 Å². The molecule has 2 aromatic rings. The fourth-order valence-electron chi connectivity index (χ4n) is 2.91. The van der Waals surface area contributed by atoms with Crippen LogP contribution in [-0.4, -0.2) is 23.9 Å². The molecule has 3 rings (SSSR count). The molecule has 0 fully saturated rings. The Bertz CT molecular complexity index is 744. The Labute approximate surface area is 150 Å². The number of anilines is 1. The normalized spacial score (nSPS) is 17.8. The molecule has 1 aromatic carbocycles. The van der Waals surface area contributed by atoms with Crippen molar-refractivity contribution in [1.29, 1.82) is 0 Å². The van der Waals surface area contributed by atoms with Gasteiger partial charge in [0.1, 0.15) is 0 Å². The van der Waals surface area contributed by atoms with E-state index in [0.29, 0.717) is 22.3 Å². The summed E-state index contributed by atoms with van der Waals surface area (Å²) in [5.74, 6) is -0.0927. The molecule has 0 saturated carbocycles. The fourth-order valence-corrected chi connectivity index (χ4v) is 4.34. The van der Waals surface area contributed by atoms with Crippen molar-refractivity contribution in [1.82, 2.24) is 4.90 Å². The summed E-state index contributed by atoms with van der Waals surface area (Å²) < 4.78 is 0. The van der Waals surface area contributed by atoms with Crippen LogP contribution in [-0.2, 0) is 11.2 Å². The highest BCUT2D eigenvalue weighted by atomic mass is 35.5. The zero-order valence-electron chi connectivity index (χ0n) is 13.0. The van der Waals surface area contributed by atoms with Crippen molar-refractivity contribution < 1.29 is 4.79 Å². The van der Waals surface area contributed by atoms with Gasteiger partial charge in [-0.25, -0.2) is 0 Å². The molecule has 2 heterocycles. The predicted molar refractivity (Wildman–Crippen MR) is 97.8 cm³/mol. The summed E-state index contributed by atoms with van der Waals surface area (Å²) in [6.45, 7) is 5.25. The van der Waals surface area contributed by atoms with E-state index in [4.69, 9.17) is 23.2 Å². The standard InChI is InChI=1S/C17H18Cl2N2OS/c1-10-3-4-13(18)17(16(10)19)20-15(22)9-21-7-5-14-12(11(21)2)6-8-23-14/h3-4,6,8,11H,5,7,9H2,1-2H3,(H,20,22)/t11-/m1/s1. The zero-order valence-corrected chi connectivity index (χ0v) is 15.4. The number of carbonyl (C=O) groups excluding carboxylic acids is 1. The van der Waals surface area contributed by atoms with Crippen molar-refractivity contribution in [2.24, 2.45) is 0 Å². The second kappa shape index (κ2) is 6.81. The van der Waals surface area contributed by atoms with Crippen LogP contribution in [0.25, 0.3) is 0 Å². The van der Waals surface area contributed by atoms with Crippen LogP contribution in [0.5, 0.6) is 0 Å². The van der Waals surface area contributed by atoms with E-state index in [1.165, 1.54) is 10.4 Å². The summed E-state index contributed by atoms with van der Waals surface area (Å²) in [6, 6.07) is 5.99. The van der Waals surface area contributed by atoms with Gasteiger partial charge in [-0.1, -0.05) is 29.3 Å². The van der Waals surface area contributed by atoms with E-state index in [0.717, 1.165) is 18.5 Å². The lowest BCUT2D eigenvalue weighted by molar-refractivity contribution is -0.117. The quantitative estimate of drug-likeness (QED) is 0.833. The largest absolute Gasteiger partial charge is 0.322 e. The van der Waals surface area contributed by atoms with Crippen molar-refractivity contribution in [2.75, 3.05) is 18.4 Å². The lowest BCUT2D eigenvalue weighted by atomic mass is 10.0. The molecular formula is C17H18Cl2N2OS. The third-order valence-corrected chi connectivity index (χ3v) is 6.10. The Morgan fingerprint density at radius 3 is 2.96 bits per heavy atom. The van der Waals surface area contributed by atoms with Gasteiger partial charge in [-0.3, -0.25) is 9.69 Å². The molecule has 122 valence electrons. The third kappa shape index (κ3) is 3.41. The lowest BCUT2D eigenvalue weighted by Crippen LogP contribution is -2.39. The van der Waals surface area contributed by atoms with E-state index in [9.17, 15) is 4.79 Å². The van der Waals surface area contributed by atoms with Gasteiger partial charge in [0.15, 0.2) is 0 Å². The van der Waals surface area contributed by atoms with Crippen molar-refractivity contribution in [3.05, 3.63) is 49.6 Å². The molecule has 0 saturated heterocycles. The van der Waals surface area contributed by atoms with Crippen LogP contribution in [0.15, 0.2) is 23.6 Å². The second-order valence-corrected chi connectivity index (χ2v) is 7.58. The molecular weight excluding hydrogens is 351 g/mol. The molecule has 1 amide bonds. The lowest BCUT2D eigenvalue weighted by Gasteiger charge is -2.33. The Kier molecular flexibility index (Phi) is 4.97. The van der Waals surface area contributed by atoms with E-state index >= 15 is 0 Å². The molecule has 6 heteroatoms. The van der Waals surface area contributed by atoms with Gasteiger partial charge in [0.05, 0.1) is 22.3 Å². The maximum Gasteiger partial charge on any atom is 0.238 e.